The van der Waals surface area contributed by atoms with Crippen molar-refractivity contribution in [3.05, 3.63) is 59.2 Å². The van der Waals surface area contributed by atoms with Gasteiger partial charge in [-0.1, -0.05) is 32.4 Å². The predicted octanol–water partition coefficient (Wildman–Crippen LogP) is 5.32. The zero-order valence-electron chi connectivity index (χ0n) is 18.6. The van der Waals surface area contributed by atoms with Gasteiger partial charge in [0.1, 0.15) is 5.75 Å². The number of ether oxygens (including phenoxy) is 1. The Bertz CT molecular complexity index is 943. The minimum absolute atomic E-state index is 0.0587. The molecule has 6 heteroatoms. The van der Waals surface area contributed by atoms with E-state index in [0.29, 0.717) is 17.9 Å². The second kappa shape index (κ2) is 9.96. The van der Waals surface area contributed by atoms with Gasteiger partial charge in [-0.05, 0) is 80.7 Å². The summed E-state index contributed by atoms with van der Waals surface area (Å²) in [5, 5.41) is 11.9. The molecule has 1 atom stereocenters. The Balaban J connectivity index is 1.76. The number of hydrogen-bond donors (Lipinski definition) is 2. The molecule has 31 heavy (non-hydrogen) atoms. The third-order valence-corrected chi connectivity index (χ3v) is 6.32. The summed E-state index contributed by atoms with van der Waals surface area (Å²) in [6, 6.07) is 12.5. The van der Waals surface area contributed by atoms with E-state index in [1.54, 1.807) is 18.2 Å². The maximum absolute atomic E-state index is 12.6. The molecule has 1 aliphatic heterocycles. The standard InChI is InChI=1S/C25H32N2O4/c1-4-18-15-19(23(28)29)11-12-22(18)26-24(30)31-21-10-8-9-20(16-21)25(5-2)13-6-7-14-27(3)17-25/h8-12,15-16H,4-7,13-14,17H2,1-3H3,(H,26,30)(H,28,29). The van der Waals surface area contributed by atoms with Crippen LogP contribution < -0.4 is 10.1 Å². The van der Waals surface area contributed by atoms with Crippen LogP contribution in [-0.2, 0) is 11.8 Å². The summed E-state index contributed by atoms with van der Waals surface area (Å²) >= 11 is 0. The number of amides is 1. The molecule has 0 aromatic heterocycles. The topological polar surface area (TPSA) is 78.9 Å². The van der Waals surface area contributed by atoms with Gasteiger partial charge in [0, 0.05) is 17.6 Å². The number of aryl methyl sites for hydroxylation is 1. The molecule has 1 aliphatic rings. The molecule has 166 valence electrons. The van der Waals surface area contributed by atoms with Crippen LogP contribution in [0, 0.1) is 0 Å². The maximum atomic E-state index is 12.6. The Morgan fingerprint density at radius 2 is 1.97 bits per heavy atom. The Labute approximate surface area is 184 Å². The molecule has 1 fully saturated rings. The van der Waals surface area contributed by atoms with Crippen LogP contribution in [-0.4, -0.2) is 42.2 Å². The van der Waals surface area contributed by atoms with Gasteiger partial charge in [-0.3, -0.25) is 5.32 Å². The van der Waals surface area contributed by atoms with E-state index in [4.69, 9.17) is 9.84 Å². The summed E-state index contributed by atoms with van der Waals surface area (Å²) in [6.07, 6.45) is 4.56. The molecule has 1 saturated heterocycles. The Hall–Kier alpha value is -2.86. The average Bonchev–Trinajstić information content (AvgIpc) is 2.96. The molecule has 1 heterocycles. The lowest BCUT2D eigenvalue weighted by Gasteiger charge is -2.35. The Kier molecular flexibility index (Phi) is 7.33. The third-order valence-electron chi connectivity index (χ3n) is 6.32. The normalized spacial score (nSPS) is 19.5. The number of likely N-dealkylation sites (tertiary alicyclic amines) is 1. The summed E-state index contributed by atoms with van der Waals surface area (Å²) in [5.41, 5.74) is 2.76. The summed E-state index contributed by atoms with van der Waals surface area (Å²) in [6.45, 7) is 6.25. The number of carboxylic acids is 1. The van der Waals surface area contributed by atoms with E-state index in [9.17, 15) is 9.59 Å². The first kappa shape index (κ1) is 22.8. The summed E-state index contributed by atoms with van der Waals surface area (Å²) in [4.78, 5) is 26.1. The number of benzene rings is 2. The van der Waals surface area contributed by atoms with E-state index in [2.05, 4.69) is 30.3 Å². The highest BCUT2D eigenvalue weighted by molar-refractivity contribution is 5.91. The van der Waals surface area contributed by atoms with Crippen LogP contribution in [0.4, 0.5) is 10.5 Å². The lowest BCUT2D eigenvalue weighted by molar-refractivity contribution is 0.0696. The quantitative estimate of drug-likeness (QED) is 0.656. The number of hydrogen-bond acceptors (Lipinski definition) is 4. The zero-order chi connectivity index (χ0) is 22.4. The highest BCUT2D eigenvalue weighted by atomic mass is 16.6. The monoisotopic (exact) mass is 424 g/mol. The SMILES string of the molecule is CCc1cc(C(=O)O)ccc1NC(=O)Oc1cccc(C2(CC)CCCCN(C)C2)c1. The molecule has 2 aromatic rings. The molecule has 2 N–H and O–H groups in total. The number of likely N-dealkylation sites (N-methyl/N-ethyl adjacent to an activating group) is 1. The van der Waals surface area contributed by atoms with Crippen LogP contribution in [0.2, 0.25) is 0 Å². The van der Waals surface area contributed by atoms with E-state index in [0.717, 1.165) is 31.5 Å². The Morgan fingerprint density at radius 1 is 1.16 bits per heavy atom. The highest BCUT2D eigenvalue weighted by Crippen LogP contribution is 2.37. The van der Waals surface area contributed by atoms with Gasteiger partial charge < -0.3 is 14.7 Å². The maximum Gasteiger partial charge on any atom is 0.417 e. The molecule has 0 bridgehead atoms. The van der Waals surface area contributed by atoms with Gasteiger partial charge in [-0.15, -0.1) is 0 Å². The number of rotatable bonds is 6. The van der Waals surface area contributed by atoms with Gasteiger partial charge in [0.25, 0.3) is 0 Å². The molecule has 0 spiro atoms. The largest absolute Gasteiger partial charge is 0.478 e. The Morgan fingerprint density at radius 3 is 2.68 bits per heavy atom. The van der Waals surface area contributed by atoms with Crippen molar-refractivity contribution in [3.63, 3.8) is 0 Å². The van der Waals surface area contributed by atoms with E-state index >= 15 is 0 Å². The molecule has 0 saturated carbocycles. The van der Waals surface area contributed by atoms with Crippen LogP contribution in [0.15, 0.2) is 42.5 Å². The first-order valence-corrected chi connectivity index (χ1v) is 11.0. The fraction of sp³-hybridized carbons (Fsp3) is 0.440. The molecule has 6 nitrogen and oxygen atoms in total. The molecule has 2 aromatic carbocycles. The molecule has 3 rings (SSSR count). The third kappa shape index (κ3) is 5.44. The van der Waals surface area contributed by atoms with E-state index in [-0.39, 0.29) is 11.0 Å². The van der Waals surface area contributed by atoms with Crippen molar-refractivity contribution >= 4 is 17.7 Å². The van der Waals surface area contributed by atoms with Crippen LogP contribution in [0.25, 0.3) is 0 Å². The first-order chi connectivity index (χ1) is 14.9. The zero-order valence-corrected chi connectivity index (χ0v) is 18.6. The minimum atomic E-state index is -0.991. The van der Waals surface area contributed by atoms with Gasteiger partial charge in [-0.2, -0.15) is 0 Å². The lowest BCUT2D eigenvalue weighted by Crippen LogP contribution is -2.37. The van der Waals surface area contributed by atoms with Crippen LogP contribution in [0.5, 0.6) is 5.75 Å². The van der Waals surface area contributed by atoms with Crippen LogP contribution in [0.1, 0.15) is 61.0 Å². The van der Waals surface area contributed by atoms with Gasteiger partial charge >= 0.3 is 12.1 Å². The van der Waals surface area contributed by atoms with Crippen molar-refractivity contribution in [2.75, 3.05) is 25.5 Å². The number of anilines is 1. The summed E-state index contributed by atoms with van der Waals surface area (Å²) < 4.78 is 5.59. The number of carboxylic acid groups (broad SMARTS) is 1. The second-order valence-corrected chi connectivity index (χ2v) is 8.40. The van der Waals surface area contributed by atoms with Crippen LogP contribution in [0.3, 0.4) is 0 Å². The number of nitrogens with one attached hydrogen (secondary N) is 1. The van der Waals surface area contributed by atoms with Gasteiger partial charge in [0.05, 0.1) is 5.56 Å². The number of carbonyl (C=O) groups is 2. The van der Waals surface area contributed by atoms with E-state index < -0.39 is 12.1 Å². The second-order valence-electron chi connectivity index (χ2n) is 8.40. The lowest BCUT2D eigenvalue weighted by atomic mass is 9.74. The van der Waals surface area contributed by atoms with Crippen molar-refractivity contribution in [2.24, 2.45) is 0 Å². The van der Waals surface area contributed by atoms with Crippen LogP contribution >= 0.6 is 0 Å². The first-order valence-electron chi connectivity index (χ1n) is 11.0. The number of nitrogens with zero attached hydrogens (tertiary/aromatic N) is 1. The molecular formula is C25H32N2O4. The molecule has 1 amide bonds. The van der Waals surface area contributed by atoms with Gasteiger partial charge in [0.2, 0.25) is 0 Å². The predicted molar refractivity (Wildman–Crippen MR) is 122 cm³/mol. The molecule has 0 aliphatic carbocycles. The van der Waals surface area contributed by atoms with Crippen molar-refractivity contribution in [1.29, 1.82) is 0 Å². The van der Waals surface area contributed by atoms with Gasteiger partial charge in [0.15, 0.2) is 0 Å². The smallest absolute Gasteiger partial charge is 0.417 e. The number of carbonyl (C=O) groups excluding carboxylic acids is 1. The van der Waals surface area contributed by atoms with Crippen molar-refractivity contribution in [2.45, 2.75) is 51.4 Å². The van der Waals surface area contributed by atoms with Crippen molar-refractivity contribution < 1.29 is 19.4 Å². The fourth-order valence-corrected chi connectivity index (χ4v) is 4.52. The average molecular weight is 425 g/mol. The van der Waals surface area contributed by atoms with E-state index in [1.165, 1.54) is 24.5 Å². The van der Waals surface area contributed by atoms with Gasteiger partial charge in [-0.25, -0.2) is 9.59 Å². The fourth-order valence-electron chi connectivity index (χ4n) is 4.52. The summed E-state index contributed by atoms with van der Waals surface area (Å²) in [5.74, 6) is -0.482. The minimum Gasteiger partial charge on any atom is -0.478 e. The summed E-state index contributed by atoms with van der Waals surface area (Å²) in [7, 11) is 2.17. The molecule has 0 radical (unpaired) electrons. The molecular weight excluding hydrogens is 392 g/mol. The van der Waals surface area contributed by atoms with E-state index in [1.807, 2.05) is 19.1 Å². The highest BCUT2D eigenvalue weighted by Gasteiger charge is 2.33. The number of aromatic carboxylic acids is 1. The van der Waals surface area contributed by atoms with Crippen molar-refractivity contribution in [3.8, 4) is 5.75 Å². The molecule has 1 unspecified atom stereocenters. The van der Waals surface area contributed by atoms with Crippen molar-refractivity contribution in [1.82, 2.24) is 4.90 Å².